The van der Waals surface area contributed by atoms with E-state index in [1.807, 2.05) is 4.68 Å². The summed E-state index contributed by atoms with van der Waals surface area (Å²) in [6.45, 7) is 8.50. The molecule has 1 heterocycles. The van der Waals surface area contributed by atoms with Crippen molar-refractivity contribution in [3.05, 3.63) is 12.2 Å². The van der Waals surface area contributed by atoms with Gasteiger partial charge >= 0.3 is 0 Å². The third-order valence-electron chi connectivity index (χ3n) is 2.27. The van der Waals surface area contributed by atoms with Crippen LogP contribution in [0, 0.1) is 0 Å². The Morgan fingerprint density at radius 3 is 3.00 bits per heavy atom. The lowest BCUT2D eigenvalue weighted by Gasteiger charge is -2.05. The normalized spacial score (nSPS) is 10.9. The fourth-order valence-corrected chi connectivity index (χ4v) is 1.43. The van der Waals surface area contributed by atoms with Gasteiger partial charge in [-0.05, 0) is 26.3 Å². The average Bonchev–Trinajstić information content (AvgIpc) is 2.75. The molecule has 0 spiro atoms. The maximum absolute atomic E-state index is 5.39. The Morgan fingerprint density at radius 2 is 2.25 bits per heavy atom. The molecule has 0 saturated carbocycles. The fraction of sp³-hybridized carbons (Fsp3) is 0.818. The predicted molar refractivity (Wildman–Crippen MR) is 63.1 cm³/mol. The van der Waals surface area contributed by atoms with Gasteiger partial charge in [0.1, 0.15) is 12.2 Å². The van der Waals surface area contributed by atoms with E-state index in [4.69, 9.17) is 4.74 Å². The monoisotopic (exact) mass is 226 g/mol. The third-order valence-corrected chi connectivity index (χ3v) is 2.27. The van der Waals surface area contributed by atoms with Crippen LogP contribution in [0.2, 0.25) is 0 Å². The van der Waals surface area contributed by atoms with Gasteiger partial charge in [0.25, 0.3) is 0 Å². The van der Waals surface area contributed by atoms with Gasteiger partial charge in [-0.25, -0.2) is 9.67 Å². The highest BCUT2D eigenvalue weighted by Gasteiger charge is 2.00. The van der Waals surface area contributed by atoms with Crippen molar-refractivity contribution in [2.45, 2.75) is 39.8 Å². The van der Waals surface area contributed by atoms with Crippen LogP contribution in [-0.2, 0) is 17.8 Å². The molecule has 92 valence electrons. The number of hydrogen-bond donors (Lipinski definition) is 1. The van der Waals surface area contributed by atoms with E-state index < -0.39 is 0 Å². The molecule has 0 aliphatic heterocycles. The first-order valence-electron chi connectivity index (χ1n) is 6.03. The average molecular weight is 226 g/mol. The summed E-state index contributed by atoms with van der Waals surface area (Å²) in [5, 5.41) is 7.45. The molecule has 0 aromatic carbocycles. The van der Waals surface area contributed by atoms with Crippen LogP contribution in [0.15, 0.2) is 6.33 Å². The Morgan fingerprint density at radius 1 is 1.38 bits per heavy atom. The van der Waals surface area contributed by atoms with E-state index in [-0.39, 0.29) is 0 Å². The highest BCUT2D eigenvalue weighted by molar-refractivity contribution is 4.83. The standard InChI is InChI=1S/C11H22N4O/c1-3-7-16-8-5-6-12-9-11-13-10-14-15(11)4-2/h10,12H,3-9H2,1-2H3. The van der Waals surface area contributed by atoms with Crippen molar-refractivity contribution in [1.82, 2.24) is 20.1 Å². The summed E-state index contributed by atoms with van der Waals surface area (Å²) in [5.41, 5.74) is 0. The van der Waals surface area contributed by atoms with Gasteiger partial charge in [0.05, 0.1) is 6.54 Å². The SMILES string of the molecule is CCCOCCCNCc1ncnn1CC. The number of aryl methyl sites for hydroxylation is 1. The predicted octanol–water partition coefficient (Wildman–Crippen LogP) is 1.20. The van der Waals surface area contributed by atoms with Gasteiger partial charge < -0.3 is 10.1 Å². The number of aromatic nitrogens is 3. The number of nitrogens with one attached hydrogen (secondary N) is 1. The quantitative estimate of drug-likeness (QED) is 0.643. The molecule has 0 amide bonds. The molecule has 5 nitrogen and oxygen atoms in total. The lowest BCUT2D eigenvalue weighted by Crippen LogP contribution is -2.19. The molecule has 0 fully saturated rings. The van der Waals surface area contributed by atoms with Gasteiger partial charge in [0, 0.05) is 19.8 Å². The molecule has 0 atom stereocenters. The first-order valence-corrected chi connectivity index (χ1v) is 6.03. The molecule has 1 N–H and O–H groups in total. The van der Waals surface area contributed by atoms with Gasteiger partial charge in [0.15, 0.2) is 0 Å². The number of hydrogen-bond acceptors (Lipinski definition) is 4. The highest BCUT2D eigenvalue weighted by Crippen LogP contribution is 1.93. The van der Waals surface area contributed by atoms with E-state index in [0.717, 1.165) is 51.5 Å². The zero-order valence-corrected chi connectivity index (χ0v) is 10.3. The van der Waals surface area contributed by atoms with E-state index in [1.165, 1.54) is 0 Å². The zero-order valence-electron chi connectivity index (χ0n) is 10.3. The van der Waals surface area contributed by atoms with E-state index in [1.54, 1.807) is 6.33 Å². The first-order chi connectivity index (χ1) is 7.88. The largest absolute Gasteiger partial charge is 0.381 e. The van der Waals surface area contributed by atoms with Gasteiger partial charge in [-0.15, -0.1) is 0 Å². The molecule has 0 radical (unpaired) electrons. The molecule has 1 aromatic rings. The molecule has 0 saturated heterocycles. The molecule has 5 heteroatoms. The first kappa shape index (κ1) is 13.1. The van der Waals surface area contributed by atoms with Gasteiger partial charge in [0.2, 0.25) is 0 Å². The van der Waals surface area contributed by atoms with Crippen LogP contribution >= 0.6 is 0 Å². The van der Waals surface area contributed by atoms with E-state index in [2.05, 4.69) is 29.2 Å². The van der Waals surface area contributed by atoms with E-state index >= 15 is 0 Å². The molecule has 1 rings (SSSR count). The minimum Gasteiger partial charge on any atom is -0.381 e. The lowest BCUT2D eigenvalue weighted by atomic mass is 10.4. The number of nitrogens with zero attached hydrogens (tertiary/aromatic N) is 3. The van der Waals surface area contributed by atoms with E-state index in [9.17, 15) is 0 Å². The van der Waals surface area contributed by atoms with Crippen molar-refractivity contribution in [2.24, 2.45) is 0 Å². The molecule has 0 unspecified atom stereocenters. The van der Waals surface area contributed by atoms with Crippen molar-refractivity contribution >= 4 is 0 Å². The highest BCUT2D eigenvalue weighted by atomic mass is 16.5. The second-order valence-corrected chi connectivity index (χ2v) is 3.63. The van der Waals surface area contributed by atoms with Crippen LogP contribution < -0.4 is 5.32 Å². The van der Waals surface area contributed by atoms with Gasteiger partial charge in [-0.2, -0.15) is 5.10 Å². The molecule has 0 bridgehead atoms. The summed E-state index contributed by atoms with van der Waals surface area (Å²) < 4.78 is 7.30. The van der Waals surface area contributed by atoms with Crippen molar-refractivity contribution in [1.29, 1.82) is 0 Å². The van der Waals surface area contributed by atoms with Crippen LogP contribution in [0.5, 0.6) is 0 Å². The Hall–Kier alpha value is -0.940. The van der Waals surface area contributed by atoms with Crippen LogP contribution in [0.25, 0.3) is 0 Å². The number of ether oxygens (including phenoxy) is 1. The fourth-order valence-electron chi connectivity index (χ4n) is 1.43. The molecule has 1 aromatic heterocycles. The van der Waals surface area contributed by atoms with Crippen LogP contribution in [0.3, 0.4) is 0 Å². The smallest absolute Gasteiger partial charge is 0.140 e. The maximum atomic E-state index is 5.39. The maximum Gasteiger partial charge on any atom is 0.140 e. The lowest BCUT2D eigenvalue weighted by molar-refractivity contribution is 0.132. The third kappa shape index (κ3) is 4.72. The Labute approximate surface area is 97.2 Å². The number of rotatable bonds is 9. The summed E-state index contributed by atoms with van der Waals surface area (Å²) in [4.78, 5) is 4.19. The van der Waals surface area contributed by atoms with E-state index in [0.29, 0.717) is 0 Å². The molecule has 0 aliphatic rings. The molecular weight excluding hydrogens is 204 g/mol. The Balaban J connectivity index is 2.03. The van der Waals surface area contributed by atoms with Gasteiger partial charge in [-0.3, -0.25) is 0 Å². The summed E-state index contributed by atoms with van der Waals surface area (Å²) >= 11 is 0. The van der Waals surface area contributed by atoms with Crippen molar-refractivity contribution < 1.29 is 4.74 Å². The second kappa shape index (κ2) is 8.24. The minimum absolute atomic E-state index is 0.779. The summed E-state index contributed by atoms with van der Waals surface area (Å²) in [6, 6.07) is 0. The molecule has 16 heavy (non-hydrogen) atoms. The second-order valence-electron chi connectivity index (χ2n) is 3.63. The summed E-state index contributed by atoms with van der Waals surface area (Å²) in [6.07, 6.45) is 3.73. The van der Waals surface area contributed by atoms with Crippen molar-refractivity contribution in [2.75, 3.05) is 19.8 Å². The summed E-state index contributed by atoms with van der Waals surface area (Å²) in [7, 11) is 0. The summed E-state index contributed by atoms with van der Waals surface area (Å²) in [5.74, 6) is 0.997. The molecular formula is C11H22N4O. The van der Waals surface area contributed by atoms with Crippen molar-refractivity contribution in [3.63, 3.8) is 0 Å². The van der Waals surface area contributed by atoms with Crippen LogP contribution in [-0.4, -0.2) is 34.5 Å². The topological polar surface area (TPSA) is 52.0 Å². The van der Waals surface area contributed by atoms with Gasteiger partial charge in [-0.1, -0.05) is 6.92 Å². The molecule has 0 aliphatic carbocycles. The van der Waals surface area contributed by atoms with Crippen molar-refractivity contribution in [3.8, 4) is 0 Å². The zero-order chi connectivity index (χ0) is 11.6. The van der Waals surface area contributed by atoms with Crippen LogP contribution in [0.1, 0.15) is 32.5 Å². The Bertz CT molecular complexity index is 275. The van der Waals surface area contributed by atoms with Crippen LogP contribution in [0.4, 0.5) is 0 Å². The Kier molecular flexibility index (Phi) is 6.76. The minimum atomic E-state index is 0.779.